The maximum atomic E-state index is 11.7. The summed E-state index contributed by atoms with van der Waals surface area (Å²) >= 11 is 1.70. The summed E-state index contributed by atoms with van der Waals surface area (Å²) in [5, 5.41) is 7.70. The molecule has 1 aliphatic heterocycles. The number of rotatable bonds is 1. The minimum Gasteiger partial charge on any atom is -0.309 e. The van der Waals surface area contributed by atoms with Gasteiger partial charge in [-0.3, -0.25) is 4.21 Å². The summed E-state index contributed by atoms with van der Waals surface area (Å²) in [6.07, 6.45) is 0. The molecule has 0 radical (unpaired) electrons. The van der Waals surface area contributed by atoms with Gasteiger partial charge in [-0.15, -0.1) is 0 Å². The number of hydrogen-bond acceptors (Lipinski definition) is 3. The van der Waals surface area contributed by atoms with Crippen LogP contribution in [-0.4, -0.2) is 22.3 Å². The Kier molecular flexibility index (Phi) is 3.36. The van der Waals surface area contributed by atoms with Gasteiger partial charge in [0.15, 0.2) is 0 Å². The lowest BCUT2D eigenvalue weighted by Crippen LogP contribution is -2.25. The third-order valence-electron chi connectivity index (χ3n) is 2.48. The fraction of sp³-hybridized carbons (Fsp3) is 0.600. The third kappa shape index (κ3) is 2.43. The first-order valence-corrected chi connectivity index (χ1v) is 7.29. The summed E-state index contributed by atoms with van der Waals surface area (Å²) in [5.41, 5.74) is 1.29. The Hall–Kier alpha value is -0.190. The van der Waals surface area contributed by atoms with Crippen molar-refractivity contribution >= 4 is 22.1 Å². The molecule has 0 spiro atoms. The Bertz CT molecular complexity index is 310. The first kappa shape index (κ1) is 10.3. The molecule has 0 amide bonds. The molecule has 3 atom stereocenters. The Morgan fingerprint density at radius 1 is 1.57 bits per heavy atom. The molecule has 3 unspecified atom stereocenters. The Morgan fingerprint density at radius 2 is 2.43 bits per heavy atom. The van der Waals surface area contributed by atoms with Gasteiger partial charge in [0.25, 0.3) is 0 Å². The molecule has 1 aromatic heterocycles. The molecule has 4 heteroatoms. The second kappa shape index (κ2) is 4.55. The Labute approximate surface area is 91.2 Å². The zero-order valence-electron chi connectivity index (χ0n) is 8.23. The van der Waals surface area contributed by atoms with Gasteiger partial charge in [-0.05, 0) is 34.9 Å². The predicted octanol–water partition coefficient (Wildman–Crippen LogP) is 1.78. The summed E-state index contributed by atoms with van der Waals surface area (Å²) in [6.45, 7) is 3.13. The smallest absolute Gasteiger partial charge is 0.0445 e. The number of thiophene rings is 1. The number of nitrogens with one attached hydrogen (secondary N) is 1. The van der Waals surface area contributed by atoms with Crippen LogP contribution in [0, 0.1) is 5.92 Å². The maximum Gasteiger partial charge on any atom is 0.0445 e. The van der Waals surface area contributed by atoms with Gasteiger partial charge in [0, 0.05) is 28.3 Å². The Balaban J connectivity index is 2.10. The fourth-order valence-electron chi connectivity index (χ4n) is 1.72. The van der Waals surface area contributed by atoms with Crippen LogP contribution in [0.3, 0.4) is 0 Å². The van der Waals surface area contributed by atoms with E-state index in [2.05, 4.69) is 29.1 Å². The van der Waals surface area contributed by atoms with Crippen molar-refractivity contribution in [2.24, 2.45) is 5.92 Å². The van der Waals surface area contributed by atoms with E-state index in [-0.39, 0.29) is 0 Å². The molecular formula is C10H15NOS2. The zero-order valence-corrected chi connectivity index (χ0v) is 9.87. The van der Waals surface area contributed by atoms with Gasteiger partial charge in [-0.1, -0.05) is 6.92 Å². The molecular weight excluding hydrogens is 214 g/mol. The monoisotopic (exact) mass is 229 g/mol. The lowest BCUT2D eigenvalue weighted by atomic mass is 10.1. The van der Waals surface area contributed by atoms with Gasteiger partial charge in [0.2, 0.25) is 0 Å². The predicted molar refractivity (Wildman–Crippen MR) is 62.1 cm³/mol. The Morgan fingerprint density at radius 3 is 3.14 bits per heavy atom. The summed E-state index contributed by atoms with van der Waals surface area (Å²) in [7, 11) is -0.660. The first-order valence-electron chi connectivity index (χ1n) is 4.86. The molecule has 0 saturated carbocycles. The van der Waals surface area contributed by atoms with E-state index in [4.69, 9.17) is 0 Å². The summed E-state index contributed by atoms with van der Waals surface area (Å²) < 4.78 is 11.7. The van der Waals surface area contributed by atoms with Crippen LogP contribution in [0.2, 0.25) is 0 Å². The first-order chi connectivity index (χ1) is 6.75. The van der Waals surface area contributed by atoms with E-state index >= 15 is 0 Å². The molecule has 1 aromatic rings. The van der Waals surface area contributed by atoms with Crippen LogP contribution < -0.4 is 5.32 Å². The van der Waals surface area contributed by atoms with Crippen molar-refractivity contribution in [2.75, 3.05) is 18.1 Å². The molecule has 0 aromatic carbocycles. The average Bonchev–Trinajstić information content (AvgIpc) is 2.59. The quantitative estimate of drug-likeness (QED) is 0.795. The second-order valence-electron chi connectivity index (χ2n) is 3.90. The lowest BCUT2D eigenvalue weighted by Gasteiger charge is -2.13. The summed E-state index contributed by atoms with van der Waals surface area (Å²) in [6, 6.07) is 2.42. The van der Waals surface area contributed by atoms with Crippen molar-refractivity contribution in [3.05, 3.63) is 22.4 Å². The molecule has 78 valence electrons. The van der Waals surface area contributed by atoms with Crippen LogP contribution in [0.1, 0.15) is 18.5 Å². The molecule has 0 bridgehead atoms. The van der Waals surface area contributed by atoms with Crippen molar-refractivity contribution in [2.45, 2.75) is 13.0 Å². The average molecular weight is 229 g/mol. The third-order valence-corrected chi connectivity index (χ3v) is 4.83. The molecule has 1 aliphatic rings. The van der Waals surface area contributed by atoms with Crippen LogP contribution >= 0.6 is 11.3 Å². The minimum atomic E-state index is -0.660. The summed E-state index contributed by atoms with van der Waals surface area (Å²) in [5.74, 6) is 2.13. The second-order valence-corrected chi connectivity index (χ2v) is 6.22. The molecule has 2 nitrogen and oxygen atoms in total. The van der Waals surface area contributed by atoms with E-state index in [0.29, 0.717) is 12.0 Å². The van der Waals surface area contributed by atoms with Gasteiger partial charge in [0.05, 0.1) is 0 Å². The topological polar surface area (TPSA) is 29.1 Å². The van der Waals surface area contributed by atoms with Crippen molar-refractivity contribution in [3.8, 4) is 0 Å². The van der Waals surface area contributed by atoms with Crippen molar-refractivity contribution in [3.63, 3.8) is 0 Å². The van der Waals surface area contributed by atoms with E-state index in [9.17, 15) is 4.21 Å². The van der Waals surface area contributed by atoms with Crippen molar-refractivity contribution in [1.29, 1.82) is 0 Å². The molecule has 14 heavy (non-hydrogen) atoms. The van der Waals surface area contributed by atoms with Crippen molar-refractivity contribution in [1.82, 2.24) is 5.32 Å². The van der Waals surface area contributed by atoms with Crippen LogP contribution in [-0.2, 0) is 10.8 Å². The van der Waals surface area contributed by atoms with Crippen LogP contribution in [0.15, 0.2) is 16.8 Å². The van der Waals surface area contributed by atoms with Crippen LogP contribution in [0.4, 0.5) is 0 Å². The van der Waals surface area contributed by atoms with E-state index in [1.54, 1.807) is 11.3 Å². The van der Waals surface area contributed by atoms with Gasteiger partial charge >= 0.3 is 0 Å². The molecule has 2 heterocycles. The highest BCUT2D eigenvalue weighted by Crippen LogP contribution is 2.20. The molecule has 0 aliphatic carbocycles. The normalized spacial score (nSPS) is 33.9. The highest BCUT2D eigenvalue weighted by Gasteiger charge is 2.21. The van der Waals surface area contributed by atoms with E-state index in [1.807, 2.05) is 0 Å². The number of hydrogen-bond donors (Lipinski definition) is 1. The standard InChI is InChI=1S/C10H15NOS2/c1-8-4-11-10(7-14(12)6-8)9-2-3-13-5-9/h2-3,5,8,10-11H,4,6-7H2,1H3. The van der Waals surface area contributed by atoms with Crippen LogP contribution in [0.5, 0.6) is 0 Å². The van der Waals surface area contributed by atoms with E-state index in [0.717, 1.165) is 18.1 Å². The van der Waals surface area contributed by atoms with Gasteiger partial charge in [-0.25, -0.2) is 0 Å². The van der Waals surface area contributed by atoms with Gasteiger partial charge < -0.3 is 5.32 Å². The lowest BCUT2D eigenvalue weighted by molar-refractivity contribution is 0.518. The zero-order chi connectivity index (χ0) is 9.97. The van der Waals surface area contributed by atoms with Crippen LogP contribution in [0.25, 0.3) is 0 Å². The van der Waals surface area contributed by atoms with E-state index in [1.165, 1.54) is 5.56 Å². The van der Waals surface area contributed by atoms with Gasteiger partial charge in [0.1, 0.15) is 0 Å². The molecule has 1 fully saturated rings. The van der Waals surface area contributed by atoms with Gasteiger partial charge in [-0.2, -0.15) is 11.3 Å². The minimum absolute atomic E-state index is 0.298. The molecule has 1 N–H and O–H groups in total. The largest absolute Gasteiger partial charge is 0.309 e. The molecule has 2 rings (SSSR count). The maximum absolute atomic E-state index is 11.7. The van der Waals surface area contributed by atoms with Crippen molar-refractivity contribution < 1.29 is 4.21 Å². The summed E-state index contributed by atoms with van der Waals surface area (Å²) in [4.78, 5) is 0. The highest BCUT2D eigenvalue weighted by atomic mass is 32.2. The highest BCUT2D eigenvalue weighted by molar-refractivity contribution is 7.85. The van der Waals surface area contributed by atoms with E-state index < -0.39 is 10.8 Å². The molecule has 1 saturated heterocycles. The fourth-order valence-corrected chi connectivity index (χ4v) is 4.00. The SMILES string of the molecule is CC1CNC(c2ccsc2)CS(=O)C1.